The molecular formula is C18H28IN5. The van der Waals surface area contributed by atoms with E-state index < -0.39 is 0 Å². The average Bonchev–Trinajstić information content (AvgIpc) is 3.01. The lowest BCUT2D eigenvalue weighted by molar-refractivity contribution is 0.620. The number of halogens is 1. The molecule has 0 radical (unpaired) electrons. The quantitative estimate of drug-likeness (QED) is 0.395. The predicted octanol–water partition coefficient (Wildman–Crippen LogP) is 3.06. The van der Waals surface area contributed by atoms with E-state index >= 15 is 0 Å². The maximum atomic E-state index is 4.47. The third kappa shape index (κ3) is 6.51. The maximum absolute atomic E-state index is 4.47. The van der Waals surface area contributed by atoms with Crippen molar-refractivity contribution in [1.82, 2.24) is 20.2 Å². The summed E-state index contributed by atoms with van der Waals surface area (Å²) in [6.45, 7) is 5.97. The van der Waals surface area contributed by atoms with Crippen molar-refractivity contribution < 1.29 is 0 Å². The van der Waals surface area contributed by atoms with Crippen LogP contribution in [0.4, 0.5) is 0 Å². The zero-order valence-corrected chi connectivity index (χ0v) is 17.0. The molecule has 2 rings (SSSR count). The lowest BCUT2D eigenvalue weighted by atomic mass is 10.2. The van der Waals surface area contributed by atoms with Crippen LogP contribution in [0.2, 0.25) is 0 Å². The van der Waals surface area contributed by atoms with Gasteiger partial charge in [0.1, 0.15) is 5.82 Å². The molecule has 24 heavy (non-hydrogen) atoms. The van der Waals surface area contributed by atoms with E-state index in [1.165, 1.54) is 5.56 Å². The molecule has 1 aromatic carbocycles. The Labute approximate surface area is 162 Å². The fourth-order valence-electron chi connectivity index (χ4n) is 2.32. The summed E-state index contributed by atoms with van der Waals surface area (Å²) in [5, 5.41) is 6.71. The van der Waals surface area contributed by atoms with E-state index in [-0.39, 0.29) is 24.0 Å². The molecule has 1 unspecified atom stereocenters. The second-order valence-electron chi connectivity index (χ2n) is 5.66. The number of benzene rings is 1. The molecule has 1 atom stereocenters. The van der Waals surface area contributed by atoms with Gasteiger partial charge in [-0.05, 0) is 18.9 Å². The molecule has 0 fully saturated rings. The number of aliphatic imine (C=N–C) groups is 1. The van der Waals surface area contributed by atoms with Crippen molar-refractivity contribution in [3.8, 4) is 0 Å². The third-order valence-electron chi connectivity index (χ3n) is 3.86. The summed E-state index contributed by atoms with van der Waals surface area (Å²) in [5.74, 6) is 1.93. The summed E-state index contributed by atoms with van der Waals surface area (Å²) in [6.07, 6.45) is 5.84. The fraction of sp³-hybridized carbons (Fsp3) is 0.444. The maximum Gasteiger partial charge on any atom is 0.191 e. The summed E-state index contributed by atoms with van der Waals surface area (Å²) < 4.78 is 2.20. The minimum absolute atomic E-state index is 0. The van der Waals surface area contributed by atoms with Gasteiger partial charge in [0, 0.05) is 45.0 Å². The van der Waals surface area contributed by atoms with Gasteiger partial charge in [0.2, 0.25) is 0 Å². The zero-order chi connectivity index (χ0) is 16.5. The molecule has 0 bridgehead atoms. The molecule has 5 nitrogen and oxygen atoms in total. The van der Waals surface area contributed by atoms with Crippen molar-refractivity contribution in [2.75, 3.05) is 13.6 Å². The molecule has 0 amide bonds. The third-order valence-corrected chi connectivity index (χ3v) is 3.86. The van der Waals surface area contributed by atoms with E-state index in [2.05, 4.69) is 63.3 Å². The van der Waals surface area contributed by atoms with Crippen LogP contribution in [0.3, 0.4) is 0 Å². The highest BCUT2D eigenvalue weighted by Crippen LogP contribution is 2.05. The van der Waals surface area contributed by atoms with Gasteiger partial charge >= 0.3 is 0 Å². The molecule has 2 aromatic rings. The van der Waals surface area contributed by atoms with Gasteiger partial charge in [-0.25, -0.2) is 4.98 Å². The molecule has 1 heterocycles. The lowest BCUT2D eigenvalue weighted by Crippen LogP contribution is -2.42. The van der Waals surface area contributed by atoms with Gasteiger partial charge in [-0.1, -0.05) is 37.3 Å². The lowest BCUT2D eigenvalue weighted by Gasteiger charge is -2.16. The molecule has 132 valence electrons. The van der Waals surface area contributed by atoms with E-state index in [9.17, 15) is 0 Å². The number of aromatic nitrogens is 2. The van der Waals surface area contributed by atoms with Crippen LogP contribution in [0.5, 0.6) is 0 Å². The first-order valence-electron chi connectivity index (χ1n) is 8.24. The molecule has 0 saturated heterocycles. The zero-order valence-electron chi connectivity index (χ0n) is 14.7. The first-order valence-corrected chi connectivity index (χ1v) is 8.24. The molecule has 0 aliphatic carbocycles. The Bertz CT molecular complexity index is 609. The molecule has 0 aliphatic rings. The Kier molecular flexibility index (Phi) is 9.44. The van der Waals surface area contributed by atoms with E-state index in [1.807, 2.05) is 18.5 Å². The molecule has 0 spiro atoms. The number of hydrogen-bond donors (Lipinski definition) is 2. The summed E-state index contributed by atoms with van der Waals surface area (Å²) in [5.41, 5.74) is 1.29. The van der Waals surface area contributed by atoms with Crippen molar-refractivity contribution in [3.05, 3.63) is 54.1 Å². The van der Waals surface area contributed by atoms with Crippen LogP contribution in [-0.4, -0.2) is 35.1 Å². The summed E-state index contributed by atoms with van der Waals surface area (Å²) in [7, 11) is 1.80. The van der Waals surface area contributed by atoms with Crippen molar-refractivity contribution in [2.24, 2.45) is 4.99 Å². The first kappa shape index (κ1) is 20.5. The monoisotopic (exact) mass is 441 g/mol. The highest BCUT2D eigenvalue weighted by Gasteiger charge is 2.06. The molecular weight excluding hydrogens is 413 g/mol. The largest absolute Gasteiger partial charge is 0.356 e. The van der Waals surface area contributed by atoms with Crippen molar-refractivity contribution in [2.45, 2.75) is 39.3 Å². The van der Waals surface area contributed by atoms with Crippen LogP contribution >= 0.6 is 24.0 Å². The van der Waals surface area contributed by atoms with Crippen LogP contribution in [0.15, 0.2) is 47.7 Å². The standard InChI is InChI=1S/C18H27N5.HI/c1-4-15(2)22-18(19-3)21-11-10-17-20-12-13-23(17)14-16-8-6-5-7-9-16;/h5-9,12-13,15H,4,10-11,14H2,1-3H3,(H2,19,21,22);1H. The van der Waals surface area contributed by atoms with E-state index in [0.29, 0.717) is 6.04 Å². The Morgan fingerprint density at radius 1 is 1.29 bits per heavy atom. The fourth-order valence-corrected chi connectivity index (χ4v) is 2.32. The topological polar surface area (TPSA) is 54.2 Å². The Morgan fingerprint density at radius 2 is 2.04 bits per heavy atom. The second-order valence-corrected chi connectivity index (χ2v) is 5.66. The van der Waals surface area contributed by atoms with Gasteiger partial charge < -0.3 is 15.2 Å². The Morgan fingerprint density at radius 3 is 2.71 bits per heavy atom. The van der Waals surface area contributed by atoms with Crippen LogP contribution in [-0.2, 0) is 13.0 Å². The molecule has 1 aromatic heterocycles. The molecule has 2 N–H and O–H groups in total. The van der Waals surface area contributed by atoms with Crippen molar-refractivity contribution in [3.63, 3.8) is 0 Å². The summed E-state index contributed by atoms with van der Waals surface area (Å²) in [4.78, 5) is 8.73. The molecule has 0 aliphatic heterocycles. The summed E-state index contributed by atoms with van der Waals surface area (Å²) in [6, 6.07) is 10.9. The van der Waals surface area contributed by atoms with Crippen LogP contribution in [0, 0.1) is 0 Å². The Hall–Kier alpha value is -1.57. The van der Waals surface area contributed by atoms with Gasteiger partial charge in [-0.2, -0.15) is 0 Å². The molecule has 0 saturated carbocycles. The van der Waals surface area contributed by atoms with Gasteiger partial charge in [0.15, 0.2) is 5.96 Å². The minimum Gasteiger partial charge on any atom is -0.356 e. The number of imidazole rings is 1. The van der Waals surface area contributed by atoms with Crippen LogP contribution < -0.4 is 10.6 Å². The SMILES string of the molecule is CCC(C)NC(=NC)NCCc1nccn1Cc1ccccc1.I. The van der Waals surface area contributed by atoms with E-state index in [0.717, 1.165) is 37.7 Å². The van der Waals surface area contributed by atoms with Crippen molar-refractivity contribution >= 4 is 29.9 Å². The number of nitrogens with one attached hydrogen (secondary N) is 2. The summed E-state index contributed by atoms with van der Waals surface area (Å²) >= 11 is 0. The minimum atomic E-state index is 0. The van der Waals surface area contributed by atoms with Gasteiger partial charge in [0.25, 0.3) is 0 Å². The van der Waals surface area contributed by atoms with Gasteiger partial charge in [-0.3, -0.25) is 4.99 Å². The van der Waals surface area contributed by atoms with E-state index in [4.69, 9.17) is 0 Å². The average molecular weight is 441 g/mol. The second kappa shape index (κ2) is 11.1. The smallest absolute Gasteiger partial charge is 0.191 e. The number of nitrogens with zero attached hydrogens (tertiary/aromatic N) is 3. The van der Waals surface area contributed by atoms with Gasteiger partial charge in [0.05, 0.1) is 0 Å². The number of hydrogen-bond acceptors (Lipinski definition) is 2. The van der Waals surface area contributed by atoms with E-state index in [1.54, 1.807) is 7.05 Å². The highest BCUT2D eigenvalue weighted by atomic mass is 127. The first-order chi connectivity index (χ1) is 11.2. The van der Waals surface area contributed by atoms with Crippen LogP contribution in [0.1, 0.15) is 31.7 Å². The predicted molar refractivity (Wildman–Crippen MR) is 111 cm³/mol. The highest BCUT2D eigenvalue weighted by molar-refractivity contribution is 14.0. The Balaban J connectivity index is 0.00000288. The molecule has 6 heteroatoms. The number of guanidine groups is 1. The van der Waals surface area contributed by atoms with Crippen LogP contribution in [0.25, 0.3) is 0 Å². The number of rotatable bonds is 7. The normalized spacial score (nSPS) is 12.4. The van der Waals surface area contributed by atoms with Crippen molar-refractivity contribution in [1.29, 1.82) is 0 Å². The van der Waals surface area contributed by atoms with Gasteiger partial charge in [-0.15, -0.1) is 24.0 Å².